The minimum Gasteiger partial charge on any atom is -0.351 e. The smallest absolute Gasteiger partial charge is 0.351 e. The van der Waals surface area contributed by atoms with Crippen molar-refractivity contribution in [2.75, 3.05) is 0 Å². The van der Waals surface area contributed by atoms with Gasteiger partial charge in [-0.2, -0.15) is 13.2 Å². The van der Waals surface area contributed by atoms with Crippen molar-refractivity contribution >= 4 is 5.91 Å². The average molecular weight is 273 g/mol. The van der Waals surface area contributed by atoms with Gasteiger partial charge in [0.25, 0.3) is 0 Å². The normalized spacial score (nSPS) is 23.0. The molecule has 2 heterocycles. The van der Waals surface area contributed by atoms with Crippen LogP contribution < -0.4 is 5.32 Å². The summed E-state index contributed by atoms with van der Waals surface area (Å²) >= 11 is 0. The van der Waals surface area contributed by atoms with Gasteiger partial charge in [-0.05, 0) is 19.3 Å². The molecule has 0 aromatic carbocycles. The lowest BCUT2D eigenvalue weighted by molar-refractivity contribution is -0.144. The summed E-state index contributed by atoms with van der Waals surface area (Å²) in [6, 6.07) is -0.226. The zero-order chi connectivity index (χ0) is 13.6. The van der Waals surface area contributed by atoms with Gasteiger partial charge in [0.1, 0.15) is 11.5 Å². The number of carbonyl (C=O) groups excluding carboxylic acids is 1. The molecule has 1 amide bonds. The predicted octanol–water partition coefficient (Wildman–Crippen LogP) is 1.74. The minimum atomic E-state index is -4.40. The molecule has 0 bridgehead atoms. The topological polar surface area (TPSA) is 46.9 Å². The van der Waals surface area contributed by atoms with Crippen LogP contribution in [0.15, 0.2) is 6.20 Å². The van der Waals surface area contributed by atoms with E-state index in [9.17, 15) is 18.0 Å². The number of alkyl halides is 3. The van der Waals surface area contributed by atoms with Gasteiger partial charge in [-0.1, -0.05) is 0 Å². The van der Waals surface area contributed by atoms with Crippen LogP contribution in [-0.4, -0.2) is 21.5 Å². The Balaban J connectivity index is 1.74. The summed E-state index contributed by atoms with van der Waals surface area (Å²) in [5.41, 5.74) is -0.729. The van der Waals surface area contributed by atoms with E-state index in [1.165, 1.54) is 4.57 Å². The van der Waals surface area contributed by atoms with Crippen LogP contribution in [0.5, 0.6) is 0 Å². The molecule has 0 spiro atoms. The van der Waals surface area contributed by atoms with E-state index in [4.69, 9.17) is 0 Å². The van der Waals surface area contributed by atoms with Crippen LogP contribution in [0.1, 0.15) is 30.8 Å². The number of imidazole rings is 1. The molecule has 1 unspecified atom stereocenters. The number of aryl methyl sites for hydroxylation is 1. The lowest BCUT2D eigenvalue weighted by Gasteiger charge is -2.26. The van der Waals surface area contributed by atoms with E-state index in [-0.39, 0.29) is 24.4 Å². The average Bonchev–Trinajstić information content (AvgIpc) is 3.08. The van der Waals surface area contributed by atoms with E-state index in [2.05, 4.69) is 10.3 Å². The molecular weight excluding hydrogens is 259 g/mol. The summed E-state index contributed by atoms with van der Waals surface area (Å²) < 4.78 is 39.5. The Kier molecular flexibility index (Phi) is 2.79. The zero-order valence-electron chi connectivity index (χ0n) is 10.2. The molecule has 1 aliphatic heterocycles. The van der Waals surface area contributed by atoms with Crippen molar-refractivity contribution in [1.29, 1.82) is 0 Å². The highest BCUT2D eigenvalue weighted by atomic mass is 19.4. The van der Waals surface area contributed by atoms with Crippen molar-refractivity contribution in [1.82, 2.24) is 14.9 Å². The van der Waals surface area contributed by atoms with Crippen molar-refractivity contribution in [3.05, 3.63) is 17.7 Å². The number of hydrogen-bond acceptors (Lipinski definition) is 2. The highest BCUT2D eigenvalue weighted by Gasteiger charge is 2.38. The summed E-state index contributed by atoms with van der Waals surface area (Å²) in [5, 5.41) is 2.84. The Labute approximate surface area is 108 Å². The highest BCUT2D eigenvalue weighted by molar-refractivity contribution is 5.81. The summed E-state index contributed by atoms with van der Waals surface area (Å²) in [7, 11) is 0. The van der Waals surface area contributed by atoms with Crippen LogP contribution in [0.25, 0.3) is 0 Å². The Morgan fingerprint density at radius 1 is 1.37 bits per heavy atom. The molecule has 0 saturated heterocycles. The molecule has 19 heavy (non-hydrogen) atoms. The van der Waals surface area contributed by atoms with Crippen LogP contribution in [0, 0.1) is 5.92 Å². The van der Waals surface area contributed by atoms with E-state index >= 15 is 0 Å². The SMILES string of the molecule is O=C(NC1CCc2ncc(C(F)(F)F)n2C1)C1CC1. The van der Waals surface area contributed by atoms with Crippen LogP contribution in [-0.2, 0) is 23.9 Å². The van der Waals surface area contributed by atoms with E-state index in [0.29, 0.717) is 18.7 Å². The number of nitrogens with zero attached hydrogens (tertiary/aromatic N) is 2. The first kappa shape index (κ1) is 12.5. The molecular formula is C12H14F3N3O. The molecule has 2 aliphatic rings. The van der Waals surface area contributed by atoms with Gasteiger partial charge < -0.3 is 9.88 Å². The maximum absolute atomic E-state index is 12.8. The number of carbonyl (C=O) groups is 1. The highest BCUT2D eigenvalue weighted by Crippen LogP contribution is 2.32. The van der Waals surface area contributed by atoms with Crippen LogP contribution >= 0.6 is 0 Å². The maximum atomic E-state index is 12.8. The second-order valence-corrected chi connectivity index (χ2v) is 5.19. The number of fused-ring (bicyclic) bond motifs is 1. The van der Waals surface area contributed by atoms with Crippen molar-refractivity contribution in [3.63, 3.8) is 0 Å². The van der Waals surface area contributed by atoms with Gasteiger partial charge in [0, 0.05) is 24.9 Å². The molecule has 1 aliphatic carbocycles. The molecule has 1 aromatic rings. The predicted molar refractivity (Wildman–Crippen MR) is 60.2 cm³/mol. The molecule has 1 atom stereocenters. The summed E-state index contributed by atoms with van der Waals surface area (Å²) in [6.07, 6.45) is -0.627. The molecule has 3 rings (SSSR count). The summed E-state index contributed by atoms with van der Waals surface area (Å²) in [4.78, 5) is 15.5. The molecule has 0 radical (unpaired) electrons. The lowest BCUT2D eigenvalue weighted by atomic mass is 10.1. The number of rotatable bonds is 2. The molecule has 7 heteroatoms. The van der Waals surface area contributed by atoms with Crippen molar-refractivity contribution in [3.8, 4) is 0 Å². The van der Waals surface area contributed by atoms with Gasteiger partial charge in [-0.3, -0.25) is 4.79 Å². The third kappa shape index (κ3) is 2.46. The quantitative estimate of drug-likeness (QED) is 0.892. The van der Waals surface area contributed by atoms with E-state index in [1.54, 1.807) is 0 Å². The van der Waals surface area contributed by atoms with Crippen molar-refractivity contribution in [2.24, 2.45) is 5.92 Å². The van der Waals surface area contributed by atoms with E-state index < -0.39 is 11.9 Å². The maximum Gasteiger partial charge on any atom is 0.433 e. The molecule has 1 N–H and O–H groups in total. The van der Waals surface area contributed by atoms with Gasteiger partial charge in [-0.15, -0.1) is 0 Å². The molecule has 104 valence electrons. The van der Waals surface area contributed by atoms with Crippen molar-refractivity contribution in [2.45, 2.75) is 44.4 Å². The third-order valence-electron chi connectivity index (χ3n) is 3.64. The first-order valence-corrected chi connectivity index (χ1v) is 6.37. The summed E-state index contributed by atoms with van der Waals surface area (Å²) in [6.45, 7) is 0.155. The Morgan fingerprint density at radius 2 is 2.11 bits per heavy atom. The summed E-state index contributed by atoms with van der Waals surface area (Å²) in [5.74, 6) is 0.498. The number of hydrogen-bond donors (Lipinski definition) is 1. The Morgan fingerprint density at radius 3 is 2.74 bits per heavy atom. The second kappa shape index (κ2) is 4.25. The lowest BCUT2D eigenvalue weighted by Crippen LogP contribution is -2.42. The van der Waals surface area contributed by atoms with Gasteiger partial charge in [0.05, 0.1) is 6.20 Å². The molecule has 1 fully saturated rings. The fraction of sp³-hybridized carbons (Fsp3) is 0.667. The first-order chi connectivity index (χ1) is 8.95. The first-order valence-electron chi connectivity index (χ1n) is 6.37. The zero-order valence-corrected chi connectivity index (χ0v) is 10.2. The van der Waals surface area contributed by atoms with E-state index in [1.807, 2.05) is 0 Å². The fourth-order valence-corrected chi connectivity index (χ4v) is 2.44. The number of amides is 1. The standard InChI is InChI=1S/C12H14F3N3O/c13-12(14,15)9-5-16-10-4-3-8(6-18(9)10)17-11(19)7-1-2-7/h5,7-8H,1-4,6H2,(H,17,19). The fourth-order valence-electron chi connectivity index (χ4n) is 2.44. The Bertz CT molecular complexity index is 505. The molecule has 1 aromatic heterocycles. The Hall–Kier alpha value is -1.53. The monoisotopic (exact) mass is 273 g/mol. The minimum absolute atomic E-state index is 0.0258. The van der Waals surface area contributed by atoms with Crippen LogP contribution in [0.2, 0.25) is 0 Å². The van der Waals surface area contributed by atoms with Gasteiger partial charge >= 0.3 is 6.18 Å². The molecule has 1 saturated carbocycles. The van der Waals surface area contributed by atoms with Gasteiger partial charge in [-0.25, -0.2) is 4.98 Å². The van der Waals surface area contributed by atoms with Crippen LogP contribution in [0.3, 0.4) is 0 Å². The van der Waals surface area contributed by atoms with Crippen molar-refractivity contribution < 1.29 is 18.0 Å². The second-order valence-electron chi connectivity index (χ2n) is 5.19. The largest absolute Gasteiger partial charge is 0.433 e. The van der Waals surface area contributed by atoms with Crippen LogP contribution in [0.4, 0.5) is 13.2 Å². The van der Waals surface area contributed by atoms with Gasteiger partial charge in [0.2, 0.25) is 5.91 Å². The number of aromatic nitrogens is 2. The van der Waals surface area contributed by atoms with Gasteiger partial charge in [0.15, 0.2) is 0 Å². The third-order valence-corrected chi connectivity index (χ3v) is 3.64. The number of nitrogens with one attached hydrogen (secondary N) is 1. The van der Waals surface area contributed by atoms with E-state index in [0.717, 1.165) is 19.0 Å². The number of halogens is 3. The molecule has 4 nitrogen and oxygen atoms in total.